The van der Waals surface area contributed by atoms with Gasteiger partial charge < -0.3 is 19.7 Å². The fourth-order valence-electron chi connectivity index (χ4n) is 7.03. The lowest BCUT2D eigenvalue weighted by molar-refractivity contribution is -0.221. The Morgan fingerprint density at radius 1 is 1.23 bits per heavy atom. The molecule has 9 unspecified atom stereocenters. The second-order valence-corrected chi connectivity index (χ2v) is 12.0. The average Bonchev–Trinajstić information content (AvgIpc) is 3.20. The molecule has 212 valence electrons. The van der Waals surface area contributed by atoms with E-state index in [2.05, 4.69) is 11.9 Å². The van der Waals surface area contributed by atoms with Crippen LogP contribution in [0, 0.1) is 17.8 Å². The van der Waals surface area contributed by atoms with E-state index in [1.54, 1.807) is 25.2 Å². The Bertz CT molecular complexity index is 1240. The average molecular weight is 561 g/mol. The molecule has 10 heteroatoms. The molecule has 2 fully saturated rings. The van der Waals surface area contributed by atoms with Gasteiger partial charge in [-0.3, -0.25) is 24.8 Å². The van der Waals surface area contributed by atoms with Crippen molar-refractivity contribution < 1.29 is 34.1 Å². The lowest BCUT2D eigenvalue weighted by atomic mass is 9.56. The number of benzene rings is 1. The highest BCUT2D eigenvalue weighted by molar-refractivity contribution is 6.33. The molecule has 0 bridgehead atoms. The van der Waals surface area contributed by atoms with Gasteiger partial charge in [0.15, 0.2) is 18.4 Å². The Balaban J connectivity index is 1.47. The number of fused-ring (bicyclic) bond motifs is 4. The topological polar surface area (TPSA) is 118 Å². The Morgan fingerprint density at radius 3 is 2.62 bits per heavy atom. The van der Waals surface area contributed by atoms with Crippen molar-refractivity contribution in [3.05, 3.63) is 52.6 Å². The third kappa shape index (κ3) is 4.39. The van der Waals surface area contributed by atoms with Gasteiger partial charge in [0.25, 0.3) is 0 Å². The SMILES string of the molecule is C=C(C)C1CCC(C)C2(O)C1C=C(C)C(OC(C)=O)C2OC(=O)C1CC2(O)c3cccc(Cl)c3N(C)OC2N1. The molecule has 1 saturated carbocycles. The minimum absolute atomic E-state index is 0.0148. The number of hydroxylamine groups is 1. The molecule has 9 atom stereocenters. The van der Waals surface area contributed by atoms with E-state index in [1.165, 1.54) is 12.0 Å². The van der Waals surface area contributed by atoms with E-state index < -0.39 is 47.6 Å². The molecule has 2 aliphatic heterocycles. The van der Waals surface area contributed by atoms with Crippen LogP contribution in [0.1, 0.15) is 52.5 Å². The summed E-state index contributed by atoms with van der Waals surface area (Å²) >= 11 is 6.39. The van der Waals surface area contributed by atoms with Crippen molar-refractivity contribution in [2.75, 3.05) is 12.1 Å². The highest BCUT2D eigenvalue weighted by Gasteiger charge is 2.61. The third-order valence-electron chi connectivity index (χ3n) is 9.08. The normalized spacial score (nSPS) is 39.1. The van der Waals surface area contributed by atoms with Gasteiger partial charge in [-0.1, -0.05) is 48.9 Å². The summed E-state index contributed by atoms with van der Waals surface area (Å²) < 4.78 is 11.8. The van der Waals surface area contributed by atoms with Gasteiger partial charge in [0.1, 0.15) is 17.2 Å². The lowest BCUT2D eigenvalue weighted by Gasteiger charge is -2.55. The van der Waals surface area contributed by atoms with Crippen LogP contribution in [0.25, 0.3) is 0 Å². The van der Waals surface area contributed by atoms with Crippen molar-refractivity contribution >= 4 is 29.2 Å². The summed E-state index contributed by atoms with van der Waals surface area (Å²) in [5.41, 5.74) is -0.330. The Kier molecular flexibility index (Phi) is 7.13. The lowest BCUT2D eigenvalue weighted by Crippen LogP contribution is -2.66. The van der Waals surface area contributed by atoms with Crippen molar-refractivity contribution in [2.45, 2.75) is 82.6 Å². The molecule has 5 rings (SSSR count). The Morgan fingerprint density at radius 2 is 1.95 bits per heavy atom. The van der Waals surface area contributed by atoms with E-state index in [-0.39, 0.29) is 24.2 Å². The fourth-order valence-corrected chi connectivity index (χ4v) is 7.33. The molecule has 4 aliphatic rings. The molecule has 3 N–H and O–H groups in total. The Labute approximate surface area is 233 Å². The smallest absolute Gasteiger partial charge is 0.323 e. The number of carbonyl (C=O) groups excluding carboxylic acids is 2. The summed E-state index contributed by atoms with van der Waals surface area (Å²) in [5, 5.41) is 28.9. The van der Waals surface area contributed by atoms with E-state index in [9.17, 15) is 19.8 Å². The number of para-hydroxylation sites is 1. The van der Waals surface area contributed by atoms with Crippen LogP contribution >= 0.6 is 11.6 Å². The first-order valence-electron chi connectivity index (χ1n) is 13.4. The number of carbonyl (C=O) groups is 2. The Hall–Kier alpha value is -2.43. The minimum Gasteiger partial charge on any atom is -0.454 e. The van der Waals surface area contributed by atoms with E-state index in [1.807, 2.05) is 26.8 Å². The number of hydrogen-bond donors (Lipinski definition) is 3. The van der Waals surface area contributed by atoms with Gasteiger partial charge in [-0.15, -0.1) is 0 Å². The molecule has 0 spiro atoms. The number of ether oxygens (including phenoxy) is 2. The number of nitrogens with one attached hydrogen (secondary N) is 1. The van der Waals surface area contributed by atoms with E-state index in [0.717, 1.165) is 12.0 Å². The molecule has 39 heavy (non-hydrogen) atoms. The van der Waals surface area contributed by atoms with Crippen molar-refractivity contribution in [3.8, 4) is 0 Å². The summed E-state index contributed by atoms with van der Waals surface area (Å²) in [5.74, 6) is -1.84. The van der Waals surface area contributed by atoms with Gasteiger partial charge in [-0.05, 0) is 50.2 Å². The zero-order valence-electron chi connectivity index (χ0n) is 22.9. The molecule has 2 heterocycles. The number of esters is 2. The van der Waals surface area contributed by atoms with Gasteiger partial charge in [0, 0.05) is 31.9 Å². The van der Waals surface area contributed by atoms with Gasteiger partial charge in [-0.25, -0.2) is 0 Å². The maximum absolute atomic E-state index is 13.8. The summed E-state index contributed by atoms with van der Waals surface area (Å²) in [7, 11) is 1.68. The minimum atomic E-state index is -1.54. The maximum Gasteiger partial charge on any atom is 0.323 e. The van der Waals surface area contributed by atoms with Crippen molar-refractivity contribution in [1.82, 2.24) is 5.32 Å². The van der Waals surface area contributed by atoms with Crippen LogP contribution in [-0.4, -0.2) is 59.3 Å². The maximum atomic E-state index is 13.8. The van der Waals surface area contributed by atoms with Gasteiger partial charge in [-0.2, -0.15) is 0 Å². The molecule has 0 amide bonds. The van der Waals surface area contributed by atoms with Crippen LogP contribution in [0.5, 0.6) is 0 Å². The van der Waals surface area contributed by atoms with Gasteiger partial charge >= 0.3 is 11.9 Å². The summed E-state index contributed by atoms with van der Waals surface area (Å²) in [4.78, 5) is 31.7. The molecular formula is C29H37ClN2O7. The number of allylic oxidation sites excluding steroid dienone is 1. The monoisotopic (exact) mass is 560 g/mol. The summed E-state index contributed by atoms with van der Waals surface area (Å²) in [6.45, 7) is 11.1. The summed E-state index contributed by atoms with van der Waals surface area (Å²) in [6.07, 6.45) is 0.418. The molecule has 0 aromatic heterocycles. The largest absolute Gasteiger partial charge is 0.454 e. The molecule has 9 nitrogen and oxygen atoms in total. The van der Waals surface area contributed by atoms with Gasteiger partial charge in [0.05, 0.1) is 10.7 Å². The molecule has 1 aromatic rings. The first-order valence-corrected chi connectivity index (χ1v) is 13.8. The number of anilines is 1. The summed E-state index contributed by atoms with van der Waals surface area (Å²) in [6, 6.07) is 4.23. The van der Waals surface area contributed by atoms with Crippen LogP contribution < -0.4 is 10.4 Å². The predicted octanol–water partition coefficient (Wildman–Crippen LogP) is 3.37. The zero-order valence-corrected chi connectivity index (χ0v) is 23.7. The van der Waals surface area contributed by atoms with Crippen LogP contribution in [0.3, 0.4) is 0 Å². The highest BCUT2D eigenvalue weighted by Crippen LogP contribution is 2.53. The molecule has 1 aromatic carbocycles. The van der Waals surface area contributed by atoms with Crippen LogP contribution in [0.2, 0.25) is 5.02 Å². The van der Waals surface area contributed by atoms with E-state index in [0.29, 0.717) is 28.3 Å². The number of halogens is 1. The molecule has 0 radical (unpaired) electrons. The second kappa shape index (κ2) is 9.89. The van der Waals surface area contributed by atoms with E-state index in [4.69, 9.17) is 25.9 Å². The first-order chi connectivity index (χ1) is 18.3. The number of nitrogens with zero attached hydrogens (tertiary/aromatic N) is 1. The standard InChI is InChI=1S/C29H37ClN2O7/c1-14(2)18-11-10-16(4)29(36)20(18)12-15(3)24(37-17(5)33)25(29)38-26(34)22-13-28(35)19-8-7-9-21(30)23(19)32(6)39-27(28)31-22/h7-9,12,16,18,20,22,24-25,27,31,35-36H,1,10-11,13H2,2-6H3. The van der Waals surface area contributed by atoms with Crippen LogP contribution in [0.15, 0.2) is 42.0 Å². The predicted molar refractivity (Wildman–Crippen MR) is 144 cm³/mol. The van der Waals surface area contributed by atoms with Crippen LogP contribution in [-0.2, 0) is 29.5 Å². The zero-order chi connectivity index (χ0) is 28.4. The van der Waals surface area contributed by atoms with E-state index >= 15 is 0 Å². The van der Waals surface area contributed by atoms with Gasteiger partial charge in [0.2, 0.25) is 0 Å². The number of rotatable bonds is 4. The quantitative estimate of drug-likeness (QED) is 0.376. The fraction of sp³-hybridized carbons (Fsp3) is 0.586. The first kappa shape index (κ1) is 28.1. The second-order valence-electron chi connectivity index (χ2n) is 11.6. The van der Waals surface area contributed by atoms with Crippen molar-refractivity contribution in [3.63, 3.8) is 0 Å². The highest BCUT2D eigenvalue weighted by atomic mass is 35.5. The number of aliphatic hydroxyl groups is 2. The van der Waals surface area contributed by atoms with Crippen LogP contribution in [0.4, 0.5) is 5.69 Å². The molecule has 1 saturated heterocycles. The number of hydrogen-bond acceptors (Lipinski definition) is 9. The third-order valence-corrected chi connectivity index (χ3v) is 9.38. The van der Waals surface area contributed by atoms with Crippen molar-refractivity contribution in [2.24, 2.45) is 17.8 Å². The molecule has 2 aliphatic carbocycles. The van der Waals surface area contributed by atoms with Crippen molar-refractivity contribution in [1.29, 1.82) is 0 Å². The molecular weight excluding hydrogens is 524 g/mol.